The molecule has 1 saturated heterocycles. The third kappa shape index (κ3) is 5.00. The maximum Gasteiger partial charge on any atom is 0.161 e. The lowest BCUT2D eigenvalue weighted by Crippen LogP contribution is -2.41. The van der Waals surface area contributed by atoms with E-state index < -0.39 is 0 Å². The molecule has 1 atom stereocenters. The van der Waals surface area contributed by atoms with Gasteiger partial charge in [0.15, 0.2) is 11.5 Å². The predicted octanol–water partition coefficient (Wildman–Crippen LogP) is 1.47. The third-order valence-corrected chi connectivity index (χ3v) is 2.94. The molecule has 0 aromatic heterocycles. The number of benzene rings is 1. The number of hydrogen-bond donors (Lipinski definition) is 1. The maximum atomic E-state index is 5.67. The van der Waals surface area contributed by atoms with Crippen molar-refractivity contribution in [1.29, 1.82) is 0 Å². The molecular formula is C15H23NO4. The van der Waals surface area contributed by atoms with Crippen LogP contribution in [0.4, 0.5) is 0 Å². The van der Waals surface area contributed by atoms with Crippen molar-refractivity contribution in [2.75, 3.05) is 46.1 Å². The molecule has 1 aliphatic rings. The molecule has 5 heteroatoms. The Bertz CT molecular complexity index is 380. The van der Waals surface area contributed by atoms with Crippen molar-refractivity contribution in [3.05, 3.63) is 24.3 Å². The second kappa shape index (κ2) is 8.79. The molecule has 1 aromatic carbocycles. The van der Waals surface area contributed by atoms with Gasteiger partial charge < -0.3 is 24.3 Å². The van der Waals surface area contributed by atoms with Gasteiger partial charge in [-0.05, 0) is 19.1 Å². The summed E-state index contributed by atoms with van der Waals surface area (Å²) in [7, 11) is 0. The number of nitrogens with one attached hydrogen (secondary N) is 1. The topological polar surface area (TPSA) is 49.0 Å². The molecule has 0 aliphatic carbocycles. The van der Waals surface area contributed by atoms with Gasteiger partial charge in [-0.1, -0.05) is 12.1 Å². The minimum Gasteiger partial charge on any atom is -0.490 e. The summed E-state index contributed by atoms with van der Waals surface area (Å²) in [5, 5.41) is 3.27. The summed E-state index contributed by atoms with van der Waals surface area (Å²) < 4.78 is 22.3. The lowest BCUT2D eigenvalue weighted by molar-refractivity contribution is -0.0357. The van der Waals surface area contributed by atoms with E-state index in [0.29, 0.717) is 26.4 Å². The van der Waals surface area contributed by atoms with Crippen molar-refractivity contribution in [2.45, 2.75) is 13.0 Å². The molecule has 0 bridgehead atoms. The van der Waals surface area contributed by atoms with Gasteiger partial charge in [-0.2, -0.15) is 0 Å². The van der Waals surface area contributed by atoms with Gasteiger partial charge in [0.1, 0.15) is 6.61 Å². The first-order valence-electron chi connectivity index (χ1n) is 7.15. The average molecular weight is 281 g/mol. The van der Waals surface area contributed by atoms with Crippen LogP contribution in [-0.4, -0.2) is 52.2 Å². The minimum atomic E-state index is 0.152. The normalized spacial score (nSPS) is 18.8. The molecule has 0 saturated carbocycles. The fraction of sp³-hybridized carbons (Fsp3) is 0.600. The van der Waals surface area contributed by atoms with Crippen LogP contribution >= 0.6 is 0 Å². The Morgan fingerprint density at radius 2 is 2.00 bits per heavy atom. The van der Waals surface area contributed by atoms with Gasteiger partial charge in [0.25, 0.3) is 0 Å². The van der Waals surface area contributed by atoms with Crippen LogP contribution in [0.25, 0.3) is 0 Å². The quantitative estimate of drug-likeness (QED) is 0.731. The van der Waals surface area contributed by atoms with Crippen LogP contribution in [0.3, 0.4) is 0 Å². The third-order valence-electron chi connectivity index (χ3n) is 2.94. The minimum absolute atomic E-state index is 0.152. The van der Waals surface area contributed by atoms with E-state index in [9.17, 15) is 0 Å². The standard InChI is InChI=1S/C15H23NO4/c1-2-18-14-5-3-4-6-15(14)20-10-9-17-12-13-11-16-7-8-19-13/h3-6,13,16H,2,7-12H2,1H3. The first-order valence-corrected chi connectivity index (χ1v) is 7.15. The van der Waals surface area contributed by atoms with Crippen molar-refractivity contribution in [3.8, 4) is 11.5 Å². The van der Waals surface area contributed by atoms with Gasteiger partial charge in [0, 0.05) is 13.1 Å². The highest BCUT2D eigenvalue weighted by molar-refractivity contribution is 5.39. The van der Waals surface area contributed by atoms with E-state index >= 15 is 0 Å². The van der Waals surface area contributed by atoms with E-state index in [2.05, 4.69) is 5.32 Å². The molecule has 1 fully saturated rings. The largest absolute Gasteiger partial charge is 0.490 e. The van der Waals surface area contributed by atoms with Gasteiger partial charge >= 0.3 is 0 Å². The van der Waals surface area contributed by atoms with E-state index in [1.54, 1.807) is 0 Å². The second-order valence-electron chi connectivity index (χ2n) is 4.50. The molecule has 1 unspecified atom stereocenters. The van der Waals surface area contributed by atoms with Crippen LogP contribution in [0.5, 0.6) is 11.5 Å². The van der Waals surface area contributed by atoms with E-state index in [-0.39, 0.29) is 6.10 Å². The lowest BCUT2D eigenvalue weighted by Gasteiger charge is -2.23. The summed E-state index contributed by atoms with van der Waals surface area (Å²) in [6.07, 6.45) is 0.152. The SMILES string of the molecule is CCOc1ccccc1OCCOCC1CNCCO1. The van der Waals surface area contributed by atoms with Gasteiger partial charge in [0.05, 0.1) is 32.5 Å². The van der Waals surface area contributed by atoms with Crippen molar-refractivity contribution >= 4 is 0 Å². The highest BCUT2D eigenvalue weighted by atomic mass is 16.6. The molecule has 0 amide bonds. The van der Waals surface area contributed by atoms with E-state index in [0.717, 1.165) is 31.2 Å². The van der Waals surface area contributed by atoms with Crippen LogP contribution in [0.2, 0.25) is 0 Å². The molecule has 0 radical (unpaired) electrons. The smallest absolute Gasteiger partial charge is 0.161 e. The molecule has 0 spiro atoms. The zero-order valence-corrected chi connectivity index (χ0v) is 12.0. The second-order valence-corrected chi connectivity index (χ2v) is 4.50. The first-order chi connectivity index (χ1) is 9.90. The Morgan fingerprint density at radius 1 is 1.20 bits per heavy atom. The summed E-state index contributed by atoms with van der Waals surface area (Å²) >= 11 is 0. The Hall–Kier alpha value is -1.30. The zero-order chi connectivity index (χ0) is 14.0. The number of para-hydroxylation sites is 2. The predicted molar refractivity (Wildman–Crippen MR) is 76.5 cm³/mol. The molecule has 5 nitrogen and oxygen atoms in total. The molecule has 1 heterocycles. The number of ether oxygens (including phenoxy) is 4. The molecule has 2 rings (SSSR count). The number of rotatable bonds is 8. The zero-order valence-electron chi connectivity index (χ0n) is 12.0. The molecule has 1 aliphatic heterocycles. The molecular weight excluding hydrogens is 258 g/mol. The molecule has 20 heavy (non-hydrogen) atoms. The van der Waals surface area contributed by atoms with Crippen LogP contribution in [0, 0.1) is 0 Å². The molecule has 1 N–H and O–H groups in total. The van der Waals surface area contributed by atoms with Crippen LogP contribution in [-0.2, 0) is 9.47 Å². The lowest BCUT2D eigenvalue weighted by atomic mass is 10.3. The van der Waals surface area contributed by atoms with Crippen molar-refractivity contribution in [1.82, 2.24) is 5.32 Å². The van der Waals surface area contributed by atoms with E-state index in [1.807, 2.05) is 31.2 Å². The summed E-state index contributed by atoms with van der Waals surface area (Å²) in [4.78, 5) is 0. The first kappa shape index (κ1) is 15.1. The maximum absolute atomic E-state index is 5.67. The summed E-state index contributed by atoms with van der Waals surface area (Å²) in [6.45, 7) is 6.77. The number of morpholine rings is 1. The Morgan fingerprint density at radius 3 is 2.70 bits per heavy atom. The Kier molecular flexibility index (Phi) is 6.63. The van der Waals surface area contributed by atoms with Gasteiger partial charge in [-0.25, -0.2) is 0 Å². The monoisotopic (exact) mass is 281 g/mol. The fourth-order valence-electron chi connectivity index (χ4n) is 2.00. The van der Waals surface area contributed by atoms with E-state index in [4.69, 9.17) is 18.9 Å². The van der Waals surface area contributed by atoms with Gasteiger partial charge in [-0.15, -0.1) is 0 Å². The summed E-state index contributed by atoms with van der Waals surface area (Å²) in [6, 6.07) is 7.67. The van der Waals surface area contributed by atoms with Crippen LogP contribution in [0.15, 0.2) is 24.3 Å². The summed E-state index contributed by atoms with van der Waals surface area (Å²) in [5.41, 5.74) is 0. The van der Waals surface area contributed by atoms with Crippen molar-refractivity contribution in [3.63, 3.8) is 0 Å². The fourth-order valence-corrected chi connectivity index (χ4v) is 2.00. The van der Waals surface area contributed by atoms with Crippen molar-refractivity contribution in [2.24, 2.45) is 0 Å². The molecule has 112 valence electrons. The molecule has 1 aromatic rings. The van der Waals surface area contributed by atoms with E-state index in [1.165, 1.54) is 0 Å². The van der Waals surface area contributed by atoms with Crippen LogP contribution in [0.1, 0.15) is 6.92 Å². The highest BCUT2D eigenvalue weighted by Crippen LogP contribution is 2.26. The average Bonchev–Trinajstić information content (AvgIpc) is 2.50. The Balaban J connectivity index is 1.63. The van der Waals surface area contributed by atoms with Gasteiger partial charge in [0.2, 0.25) is 0 Å². The Labute approximate surface area is 120 Å². The van der Waals surface area contributed by atoms with Crippen LogP contribution < -0.4 is 14.8 Å². The highest BCUT2D eigenvalue weighted by Gasteiger charge is 2.12. The van der Waals surface area contributed by atoms with Crippen molar-refractivity contribution < 1.29 is 18.9 Å². The van der Waals surface area contributed by atoms with Gasteiger partial charge in [-0.3, -0.25) is 0 Å². The number of hydrogen-bond acceptors (Lipinski definition) is 5. The summed E-state index contributed by atoms with van der Waals surface area (Å²) in [5.74, 6) is 1.53.